The minimum atomic E-state index is 0.521. The van der Waals surface area contributed by atoms with Crippen LogP contribution in [-0.2, 0) is 9.47 Å². The molecule has 0 aliphatic heterocycles. The van der Waals surface area contributed by atoms with Crippen LogP contribution in [-0.4, -0.2) is 45.5 Å². The van der Waals surface area contributed by atoms with Crippen molar-refractivity contribution in [3.63, 3.8) is 0 Å². The predicted molar refractivity (Wildman–Crippen MR) is 94.4 cm³/mol. The van der Waals surface area contributed by atoms with E-state index in [4.69, 9.17) is 15.2 Å². The van der Waals surface area contributed by atoms with Crippen molar-refractivity contribution in [3.05, 3.63) is 0 Å². The maximum absolute atomic E-state index is 5.77. The van der Waals surface area contributed by atoms with Crippen LogP contribution >= 0.6 is 0 Å². The first kappa shape index (κ1) is 21.2. The van der Waals surface area contributed by atoms with E-state index in [0.29, 0.717) is 5.96 Å². The first-order valence-electron chi connectivity index (χ1n) is 9.00. The molecule has 22 heavy (non-hydrogen) atoms. The number of rotatable bonds is 16. The third kappa shape index (κ3) is 17.2. The predicted octanol–water partition coefficient (Wildman–Crippen LogP) is 3.08. The van der Waals surface area contributed by atoms with E-state index in [1.165, 1.54) is 38.5 Å². The molecule has 0 aromatic heterocycles. The summed E-state index contributed by atoms with van der Waals surface area (Å²) in [4.78, 5) is 4.27. The van der Waals surface area contributed by atoms with E-state index in [9.17, 15) is 0 Å². The Balaban J connectivity index is 3.21. The molecule has 0 spiro atoms. The molecule has 0 rings (SSSR count). The number of nitrogens with one attached hydrogen (secondary N) is 1. The van der Waals surface area contributed by atoms with Gasteiger partial charge in [-0.05, 0) is 26.2 Å². The minimum Gasteiger partial charge on any atom is -0.382 e. The van der Waals surface area contributed by atoms with Gasteiger partial charge in [0.25, 0.3) is 0 Å². The Labute approximate surface area is 137 Å². The molecule has 5 heteroatoms. The molecule has 0 atom stereocenters. The molecule has 0 saturated carbocycles. The van der Waals surface area contributed by atoms with Gasteiger partial charge >= 0.3 is 0 Å². The highest BCUT2D eigenvalue weighted by atomic mass is 16.5. The molecule has 0 radical (unpaired) electrons. The van der Waals surface area contributed by atoms with Gasteiger partial charge in [0.15, 0.2) is 5.96 Å². The zero-order valence-electron chi connectivity index (χ0n) is 14.7. The standard InChI is InChI=1S/C17H37N3O2/c1-3-5-6-7-8-9-14-22-16-11-13-20-17(18)19-12-10-15-21-4-2/h3-16H2,1-2H3,(H3,18,19,20). The van der Waals surface area contributed by atoms with Gasteiger partial charge in [-0.3, -0.25) is 4.99 Å². The van der Waals surface area contributed by atoms with E-state index in [-0.39, 0.29) is 0 Å². The molecule has 0 aliphatic rings. The zero-order chi connectivity index (χ0) is 16.3. The van der Waals surface area contributed by atoms with Crippen LogP contribution in [0.1, 0.15) is 65.2 Å². The van der Waals surface area contributed by atoms with Crippen LogP contribution in [0.5, 0.6) is 0 Å². The van der Waals surface area contributed by atoms with E-state index >= 15 is 0 Å². The summed E-state index contributed by atoms with van der Waals surface area (Å²) in [5.74, 6) is 0.521. The Morgan fingerprint density at radius 1 is 0.864 bits per heavy atom. The molecule has 5 nitrogen and oxygen atoms in total. The van der Waals surface area contributed by atoms with Crippen molar-refractivity contribution in [1.29, 1.82) is 0 Å². The van der Waals surface area contributed by atoms with Crippen molar-refractivity contribution in [3.8, 4) is 0 Å². The second kappa shape index (κ2) is 18.2. The number of hydrogen-bond acceptors (Lipinski definition) is 3. The monoisotopic (exact) mass is 315 g/mol. The van der Waals surface area contributed by atoms with Crippen LogP contribution in [0.15, 0.2) is 4.99 Å². The molecule has 0 bridgehead atoms. The Hall–Kier alpha value is -0.810. The largest absolute Gasteiger partial charge is 0.382 e. The average molecular weight is 316 g/mol. The van der Waals surface area contributed by atoms with Crippen LogP contribution in [0.3, 0.4) is 0 Å². The van der Waals surface area contributed by atoms with Crippen molar-refractivity contribution < 1.29 is 9.47 Å². The molecule has 0 aliphatic carbocycles. The second-order valence-corrected chi connectivity index (χ2v) is 5.48. The normalized spacial score (nSPS) is 11.8. The smallest absolute Gasteiger partial charge is 0.188 e. The van der Waals surface area contributed by atoms with Gasteiger partial charge in [0, 0.05) is 39.5 Å². The van der Waals surface area contributed by atoms with Gasteiger partial charge in [-0.2, -0.15) is 0 Å². The molecular weight excluding hydrogens is 278 g/mol. The lowest BCUT2D eigenvalue weighted by Crippen LogP contribution is -2.33. The maximum atomic E-state index is 5.77. The van der Waals surface area contributed by atoms with Crippen molar-refractivity contribution in [2.75, 3.05) is 39.5 Å². The highest BCUT2D eigenvalue weighted by Crippen LogP contribution is 2.04. The SMILES string of the molecule is CCCCCCCCOCCCN=C(N)NCCCOCC. The van der Waals surface area contributed by atoms with Crippen LogP contribution in [0.4, 0.5) is 0 Å². The van der Waals surface area contributed by atoms with E-state index in [1.54, 1.807) is 0 Å². The number of nitrogens with zero attached hydrogens (tertiary/aromatic N) is 1. The van der Waals surface area contributed by atoms with Crippen LogP contribution < -0.4 is 11.1 Å². The first-order chi connectivity index (χ1) is 10.8. The summed E-state index contributed by atoms with van der Waals surface area (Å²) in [6.07, 6.45) is 9.71. The fourth-order valence-corrected chi connectivity index (χ4v) is 2.04. The van der Waals surface area contributed by atoms with Gasteiger partial charge in [-0.1, -0.05) is 39.0 Å². The summed E-state index contributed by atoms with van der Waals surface area (Å²) >= 11 is 0. The fraction of sp³-hybridized carbons (Fsp3) is 0.941. The Morgan fingerprint density at radius 3 is 2.32 bits per heavy atom. The highest BCUT2D eigenvalue weighted by Gasteiger charge is 1.94. The number of unbranched alkanes of at least 4 members (excludes halogenated alkanes) is 5. The molecular formula is C17H37N3O2. The Kier molecular flexibility index (Phi) is 17.6. The summed E-state index contributed by atoms with van der Waals surface area (Å²) in [5.41, 5.74) is 5.77. The fourth-order valence-electron chi connectivity index (χ4n) is 2.04. The lowest BCUT2D eigenvalue weighted by molar-refractivity contribution is 0.129. The van der Waals surface area contributed by atoms with E-state index in [0.717, 1.165) is 52.4 Å². The van der Waals surface area contributed by atoms with Crippen molar-refractivity contribution in [2.45, 2.75) is 65.2 Å². The van der Waals surface area contributed by atoms with Crippen molar-refractivity contribution in [2.24, 2.45) is 10.7 Å². The summed E-state index contributed by atoms with van der Waals surface area (Å²) in [6.45, 7) is 8.96. The van der Waals surface area contributed by atoms with Crippen molar-refractivity contribution in [1.82, 2.24) is 5.32 Å². The molecule has 0 amide bonds. The van der Waals surface area contributed by atoms with E-state index in [1.807, 2.05) is 6.92 Å². The Morgan fingerprint density at radius 2 is 1.55 bits per heavy atom. The molecule has 0 fully saturated rings. The first-order valence-corrected chi connectivity index (χ1v) is 9.00. The molecule has 132 valence electrons. The minimum absolute atomic E-state index is 0.521. The quantitative estimate of drug-likeness (QED) is 0.261. The molecule has 0 unspecified atom stereocenters. The molecule has 0 aromatic rings. The van der Waals surface area contributed by atoms with Gasteiger partial charge in [0.1, 0.15) is 0 Å². The van der Waals surface area contributed by atoms with E-state index < -0.39 is 0 Å². The van der Waals surface area contributed by atoms with Gasteiger partial charge in [0.05, 0.1) is 0 Å². The van der Waals surface area contributed by atoms with E-state index in [2.05, 4.69) is 17.2 Å². The van der Waals surface area contributed by atoms with Gasteiger partial charge in [-0.15, -0.1) is 0 Å². The Bertz CT molecular complexity index is 248. The third-order valence-electron chi connectivity index (χ3n) is 3.35. The summed E-state index contributed by atoms with van der Waals surface area (Å²) < 4.78 is 10.9. The topological polar surface area (TPSA) is 68.9 Å². The number of nitrogens with two attached hydrogens (primary N) is 1. The molecule has 0 aromatic carbocycles. The molecule has 0 heterocycles. The average Bonchev–Trinajstić information content (AvgIpc) is 2.52. The van der Waals surface area contributed by atoms with Crippen LogP contribution in [0.2, 0.25) is 0 Å². The highest BCUT2D eigenvalue weighted by molar-refractivity contribution is 5.77. The lowest BCUT2D eigenvalue weighted by atomic mass is 10.1. The molecule has 0 saturated heterocycles. The summed E-state index contributed by atoms with van der Waals surface area (Å²) in [7, 11) is 0. The lowest BCUT2D eigenvalue weighted by Gasteiger charge is -2.06. The number of ether oxygens (including phenoxy) is 2. The summed E-state index contributed by atoms with van der Waals surface area (Å²) in [5, 5.41) is 3.08. The number of aliphatic imine (C=N–C) groups is 1. The zero-order valence-corrected chi connectivity index (χ0v) is 14.7. The van der Waals surface area contributed by atoms with Crippen LogP contribution in [0.25, 0.3) is 0 Å². The van der Waals surface area contributed by atoms with Crippen LogP contribution in [0, 0.1) is 0 Å². The summed E-state index contributed by atoms with van der Waals surface area (Å²) in [6, 6.07) is 0. The molecule has 3 N–H and O–H groups in total. The second-order valence-electron chi connectivity index (χ2n) is 5.48. The third-order valence-corrected chi connectivity index (χ3v) is 3.35. The van der Waals surface area contributed by atoms with Gasteiger partial charge in [-0.25, -0.2) is 0 Å². The number of guanidine groups is 1. The number of hydrogen-bond donors (Lipinski definition) is 2. The van der Waals surface area contributed by atoms with Gasteiger partial charge in [0.2, 0.25) is 0 Å². The van der Waals surface area contributed by atoms with Crippen molar-refractivity contribution >= 4 is 5.96 Å². The van der Waals surface area contributed by atoms with Gasteiger partial charge < -0.3 is 20.5 Å². The maximum Gasteiger partial charge on any atom is 0.188 e.